The zero-order valence-electron chi connectivity index (χ0n) is 14.6. The summed E-state index contributed by atoms with van der Waals surface area (Å²) in [5.74, 6) is -0.144. The summed E-state index contributed by atoms with van der Waals surface area (Å²) in [6.45, 7) is 8.34. The SMILES string of the molecule is CC(C)[C@H]1OC(=O)C=C2[C@@]13O[C@@H]3[C@H]1OC(=O)[C@@]3(C)CCC[C@@]2(C)[C@@H]13. The van der Waals surface area contributed by atoms with Crippen LogP contribution in [0.15, 0.2) is 11.6 Å². The van der Waals surface area contributed by atoms with Crippen LogP contribution in [-0.2, 0) is 23.8 Å². The van der Waals surface area contributed by atoms with Gasteiger partial charge >= 0.3 is 11.9 Å². The molecule has 0 amide bonds. The highest BCUT2D eigenvalue weighted by atomic mass is 16.7. The van der Waals surface area contributed by atoms with Gasteiger partial charge in [-0.1, -0.05) is 27.2 Å². The van der Waals surface area contributed by atoms with Gasteiger partial charge in [-0.05, 0) is 36.7 Å². The Morgan fingerprint density at radius 1 is 1.12 bits per heavy atom. The van der Waals surface area contributed by atoms with Gasteiger partial charge in [0.15, 0.2) is 5.60 Å². The third-order valence-corrected chi connectivity index (χ3v) is 7.36. The number of epoxide rings is 1. The summed E-state index contributed by atoms with van der Waals surface area (Å²) in [6.07, 6.45) is 3.74. The predicted molar refractivity (Wildman–Crippen MR) is 83.8 cm³/mol. The molecule has 0 aromatic carbocycles. The Morgan fingerprint density at radius 3 is 2.54 bits per heavy atom. The lowest BCUT2D eigenvalue weighted by atomic mass is 9.47. The largest absolute Gasteiger partial charge is 0.459 e. The fraction of sp³-hybridized carbons (Fsp3) is 0.789. The molecule has 5 rings (SSSR count). The van der Waals surface area contributed by atoms with Gasteiger partial charge in [0.05, 0.1) is 5.41 Å². The van der Waals surface area contributed by atoms with Gasteiger partial charge in [-0.15, -0.1) is 0 Å². The summed E-state index contributed by atoms with van der Waals surface area (Å²) >= 11 is 0. The molecular weight excluding hydrogens is 308 g/mol. The number of hydrogen-bond donors (Lipinski definition) is 0. The number of rotatable bonds is 1. The fourth-order valence-corrected chi connectivity index (χ4v) is 6.46. The van der Waals surface area contributed by atoms with E-state index in [2.05, 4.69) is 20.8 Å². The Balaban J connectivity index is 1.72. The van der Waals surface area contributed by atoms with Crippen molar-refractivity contribution in [2.24, 2.45) is 22.7 Å². The van der Waals surface area contributed by atoms with Crippen LogP contribution >= 0.6 is 0 Å². The van der Waals surface area contributed by atoms with Crippen molar-refractivity contribution in [2.45, 2.75) is 70.9 Å². The van der Waals surface area contributed by atoms with Gasteiger partial charge in [-0.3, -0.25) is 4.79 Å². The maximum absolute atomic E-state index is 12.7. The molecule has 0 radical (unpaired) electrons. The minimum Gasteiger partial charge on any atom is -0.459 e. The van der Waals surface area contributed by atoms with Gasteiger partial charge in [0, 0.05) is 12.0 Å². The van der Waals surface area contributed by atoms with Crippen LogP contribution in [0.3, 0.4) is 0 Å². The smallest absolute Gasteiger partial charge is 0.331 e. The van der Waals surface area contributed by atoms with Crippen LogP contribution in [0.25, 0.3) is 0 Å². The van der Waals surface area contributed by atoms with Gasteiger partial charge in [0.1, 0.15) is 18.3 Å². The summed E-state index contributed by atoms with van der Waals surface area (Å²) in [6, 6.07) is 0. The molecule has 3 heterocycles. The molecule has 0 N–H and O–H groups in total. The Bertz CT molecular complexity index is 696. The van der Waals surface area contributed by atoms with Gasteiger partial charge in [0.2, 0.25) is 0 Å². The number of esters is 2. The average molecular weight is 332 g/mol. The minimum atomic E-state index is -0.582. The van der Waals surface area contributed by atoms with Crippen molar-refractivity contribution in [2.75, 3.05) is 0 Å². The first-order valence-corrected chi connectivity index (χ1v) is 9.07. The summed E-state index contributed by atoms with van der Waals surface area (Å²) < 4.78 is 17.8. The lowest BCUT2D eigenvalue weighted by Gasteiger charge is -2.54. The van der Waals surface area contributed by atoms with Crippen LogP contribution in [0.1, 0.15) is 47.0 Å². The van der Waals surface area contributed by atoms with Crippen molar-refractivity contribution >= 4 is 11.9 Å². The van der Waals surface area contributed by atoms with E-state index < -0.39 is 11.0 Å². The lowest BCUT2D eigenvalue weighted by molar-refractivity contribution is -0.153. The summed E-state index contributed by atoms with van der Waals surface area (Å²) in [4.78, 5) is 24.9. The van der Waals surface area contributed by atoms with Crippen LogP contribution in [0.2, 0.25) is 0 Å². The van der Waals surface area contributed by atoms with E-state index in [-0.39, 0.29) is 47.5 Å². The van der Waals surface area contributed by atoms with Gasteiger partial charge in [-0.25, -0.2) is 4.79 Å². The maximum Gasteiger partial charge on any atom is 0.331 e. The van der Waals surface area contributed by atoms with Crippen molar-refractivity contribution in [1.82, 2.24) is 0 Å². The van der Waals surface area contributed by atoms with E-state index in [0.717, 1.165) is 24.8 Å². The molecule has 0 aromatic rings. The van der Waals surface area contributed by atoms with Crippen molar-refractivity contribution in [3.8, 4) is 0 Å². The molecule has 2 saturated heterocycles. The van der Waals surface area contributed by atoms with E-state index in [1.807, 2.05) is 6.92 Å². The predicted octanol–water partition coefficient (Wildman–Crippen LogP) is 2.38. The van der Waals surface area contributed by atoms with Crippen molar-refractivity contribution in [3.05, 3.63) is 11.6 Å². The minimum absolute atomic E-state index is 0.0804. The average Bonchev–Trinajstić information content (AvgIpc) is 3.16. The molecule has 4 fully saturated rings. The molecule has 5 heteroatoms. The second kappa shape index (κ2) is 4.06. The van der Waals surface area contributed by atoms with Crippen LogP contribution in [0.4, 0.5) is 0 Å². The fourth-order valence-electron chi connectivity index (χ4n) is 6.46. The van der Waals surface area contributed by atoms with E-state index in [0.29, 0.717) is 0 Å². The number of carbonyl (C=O) groups excluding carboxylic acids is 2. The van der Waals surface area contributed by atoms with E-state index in [9.17, 15) is 9.59 Å². The van der Waals surface area contributed by atoms with Crippen LogP contribution < -0.4 is 0 Å². The molecule has 2 aliphatic carbocycles. The van der Waals surface area contributed by atoms with Gasteiger partial charge < -0.3 is 14.2 Å². The Kier molecular flexibility index (Phi) is 2.53. The zero-order valence-corrected chi connectivity index (χ0v) is 14.6. The summed E-state index contributed by atoms with van der Waals surface area (Å²) in [5, 5.41) is 0. The summed E-state index contributed by atoms with van der Waals surface area (Å²) in [5.41, 5.74) is -0.240. The van der Waals surface area contributed by atoms with Crippen LogP contribution in [0, 0.1) is 22.7 Å². The number of ether oxygens (including phenoxy) is 3. The monoisotopic (exact) mass is 332 g/mol. The second-order valence-corrected chi connectivity index (χ2v) is 9.03. The standard InChI is InChI=1S/C19H24O5/c1-9(2)14-19-10(8-11(20)22-14)17(3)6-5-7-18(4)13(17)12(15(19)24-19)23-16(18)21/h8-9,12-15H,5-7H2,1-4H3/t12-,13+,14+,15+,17+,18-,19+/m0/s1. The van der Waals surface area contributed by atoms with E-state index in [1.54, 1.807) is 6.08 Å². The lowest BCUT2D eigenvalue weighted by Crippen LogP contribution is -2.60. The second-order valence-electron chi connectivity index (χ2n) is 9.03. The van der Waals surface area contributed by atoms with E-state index in [1.165, 1.54) is 0 Å². The molecule has 0 aromatic heterocycles. The summed E-state index contributed by atoms with van der Waals surface area (Å²) in [7, 11) is 0. The third kappa shape index (κ3) is 1.39. The first-order chi connectivity index (χ1) is 11.2. The van der Waals surface area contributed by atoms with Crippen LogP contribution in [0.5, 0.6) is 0 Å². The number of cyclic esters (lactones) is 1. The highest BCUT2D eigenvalue weighted by Crippen LogP contribution is 2.72. The molecule has 1 spiro atoms. The molecule has 2 saturated carbocycles. The molecule has 7 atom stereocenters. The van der Waals surface area contributed by atoms with E-state index >= 15 is 0 Å². The third-order valence-electron chi connectivity index (χ3n) is 7.36. The maximum atomic E-state index is 12.7. The number of hydrogen-bond acceptors (Lipinski definition) is 5. The Labute approximate surface area is 141 Å². The van der Waals surface area contributed by atoms with Gasteiger partial charge in [0.25, 0.3) is 0 Å². The molecule has 24 heavy (non-hydrogen) atoms. The number of carbonyl (C=O) groups is 2. The first kappa shape index (κ1) is 14.9. The van der Waals surface area contributed by atoms with Crippen molar-refractivity contribution in [1.29, 1.82) is 0 Å². The molecule has 5 aliphatic rings. The normalized spacial score (nSPS) is 54.3. The molecule has 3 aliphatic heterocycles. The molecule has 130 valence electrons. The van der Waals surface area contributed by atoms with Crippen molar-refractivity contribution < 1.29 is 23.8 Å². The first-order valence-electron chi connectivity index (χ1n) is 9.07. The quantitative estimate of drug-likeness (QED) is 0.545. The molecule has 0 bridgehead atoms. The van der Waals surface area contributed by atoms with E-state index in [4.69, 9.17) is 14.2 Å². The van der Waals surface area contributed by atoms with Crippen molar-refractivity contribution in [3.63, 3.8) is 0 Å². The van der Waals surface area contributed by atoms with Crippen LogP contribution in [-0.4, -0.2) is 35.9 Å². The highest BCUT2D eigenvalue weighted by Gasteiger charge is 2.82. The number of fused-ring (bicyclic) bond motifs is 2. The molecule has 5 nitrogen and oxygen atoms in total. The Morgan fingerprint density at radius 2 is 1.83 bits per heavy atom. The zero-order chi connectivity index (χ0) is 17.1. The highest BCUT2D eigenvalue weighted by molar-refractivity contribution is 5.87. The topological polar surface area (TPSA) is 65.1 Å². The molecular formula is C19H24O5. The Hall–Kier alpha value is -1.36. The van der Waals surface area contributed by atoms with Gasteiger partial charge in [-0.2, -0.15) is 0 Å². The molecule has 0 unspecified atom stereocenters.